The number of primary sulfonamides is 1. The summed E-state index contributed by atoms with van der Waals surface area (Å²) >= 11 is 0. The molecule has 0 radical (unpaired) electrons. The van der Waals surface area contributed by atoms with E-state index in [2.05, 4.69) is 0 Å². The molecule has 24 heavy (non-hydrogen) atoms. The van der Waals surface area contributed by atoms with Crippen LogP contribution >= 0.6 is 10.7 Å². The highest BCUT2D eigenvalue weighted by atomic mass is 35.7. The van der Waals surface area contributed by atoms with Crippen LogP contribution in [0.3, 0.4) is 0 Å². The Hall–Kier alpha value is -1.46. The third-order valence-electron chi connectivity index (χ3n) is 2.61. The average Bonchev–Trinajstić information content (AvgIpc) is 2.46. The number of rotatable bonds is 3. The van der Waals surface area contributed by atoms with Crippen molar-refractivity contribution in [1.29, 1.82) is 0 Å². The van der Waals surface area contributed by atoms with Crippen LogP contribution in [0.25, 0.3) is 0 Å². The molecule has 0 fully saturated rings. The highest BCUT2D eigenvalue weighted by Crippen LogP contribution is 2.17. The fourth-order valence-corrected chi connectivity index (χ4v) is 3.40. The van der Waals surface area contributed by atoms with Gasteiger partial charge in [-0.25, -0.2) is 30.4 Å². The molecule has 0 aliphatic rings. The number of halogens is 1. The maximum absolute atomic E-state index is 11.0. The van der Waals surface area contributed by atoms with Crippen LogP contribution in [0.15, 0.2) is 69.3 Å². The summed E-state index contributed by atoms with van der Waals surface area (Å²) in [6.07, 6.45) is 1.04. The van der Waals surface area contributed by atoms with Crippen molar-refractivity contribution in [3.63, 3.8) is 0 Å². The van der Waals surface area contributed by atoms with E-state index in [-0.39, 0.29) is 14.7 Å². The first kappa shape index (κ1) is 20.6. The Balaban J connectivity index is 0.000000254. The molecule has 0 aliphatic carbocycles. The van der Waals surface area contributed by atoms with Gasteiger partial charge in [-0.15, -0.1) is 0 Å². The third kappa shape index (κ3) is 6.57. The molecule has 0 atom stereocenters. The van der Waals surface area contributed by atoms with Crippen molar-refractivity contribution in [3.8, 4) is 0 Å². The SMILES string of the molecule is CS(=O)(=O)c1ccc(S(=O)(=O)Cl)cc1.NS(=O)(=O)c1ccccc1. The number of benzene rings is 2. The zero-order valence-corrected chi connectivity index (χ0v) is 15.5. The van der Waals surface area contributed by atoms with E-state index in [4.69, 9.17) is 15.8 Å². The summed E-state index contributed by atoms with van der Waals surface area (Å²) in [5.74, 6) is 0. The minimum absolute atomic E-state index is 0.0570. The molecule has 132 valence electrons. The molecule has 0 aliphatic heterocycles. The lowest BCUT2D eigenvalue weighted by molar-refractivity contribution is 0.597. The molecule has 2 aromatic carbocycles. The summed E-state index contributed by atoms with van der Waals surface area (Å²) in [6.45, 7) is 0. The highest BCUT2D eigenvalue weighted by Gasteiger charge is 2.12. The van der Waals surface area contributed by atoms with Gasteiger partial charge in [0.1, 0.15) is 0 Å². The van der Waals surface area contributed by atoms with Gasteiger partial charge >= 0.3 is 0 Å². The van der Waals surface area contributed by atoms with Crippen molar-refractivity contribution in [3.05, 3.63) is 54.6 Å². The minimum Gasteiger partial charge on any atom is -0.225 e. The molecule has 2 rings (SSSR count). The van der Waals surface area contributed by atoms with Crippen LogP contribution in [0.5, 0.6) is 0 Å². The number of sulfone groups is 1. The Morgan fingerprint density at radius 1 is 0.708 bits per heavy atom. The van der Waals surface area contributed by atoms with E-state index in [0.29, 0.717) is 0 Å². The molecule has 0 bridgehead atoms. The van der Waals surface area contributed by atoms with Gasteiger partial charge in [0.25, 0.3) is 9.05 Å². The van der Waals surface area contributed by atoms with Gasteiger partial charge in [-0.3, -0.25) is 0 Å². The first-order valence-electron chi connectivity index (χ1n) is 6.14. The highest BCUT2D eigenvalue weighted by molar-refractivity contribution is 8.13. The predicted octanol–water partition coefficient (Wildman–Crippen LogP) is 1.35. The van der Waals surface area contributed by atoms with E-state index >= 15 is 0 Å². The maximum Gasteiger partial charge on any atom is 0.261 e. The van der Waals surface area contributed by atoms with Crippen molar-refractivity contribution >= 4 is 39.6 Å². The monoisotopic (exact) mass is 411 g/mol. The zero-order valence-electron chi connectivity index (χ0n) is 12.3. The lowest BCUT2D eigenvalue weighted by atomic mass is 10.4. The summed E-state index contributed by atoms with van der Waals surface area (Å²) in [6, 6.07) is 12.6. The van der Waals surface area contributed by atoms with Gasteiger partial charge in [-0.1, -0.05) is 18.2 Å². The van der Waals surface area contributed by atoms with E-state index in [9.17, 15) is 25.3 Å². The summed E-state index contributed by atoms with van der Waals surface area (Å²) < 4.78 is 64.9. The van der Waals surface area contributed by atoms with Crippen LogP contribution < -0.4 is 5.14 Å². The van der Waals surface area contributed by atoms with Crippen LogP contribution in [0.2, 0.25) is 0 Å². The van der Waals surface area contributed by atoms with Gasteiger partial charge in [0.2, 0.25) is 10.0 Å². The van der Waals surface area contributed by atoms with E-state index in [1.54, 1.807) is 18.2 Å². The second-order valence-corrected chi connectivity index (χ2v) is 10.7. The van der Waals surface area contributed by atoms with Gasteiger partial charge in [0.15, 0.2) is 9.84 Å². The number of hydrogen-bond donors (Lipinski definition) is 1. The van der Waals surface area contributed by atoms with Crippen molar-refractivity contribution in [2.45, 2.75) is 14.7 Å². The summed E-state index contributed by atoms with van der Waals surface area (Å²) in [7, 11) is -5.55. The molecule has 7 nitrogen and oxygen atoms in total. The molecule has 0 saturated heterocycles. The summed E-state index contributed by atoms with van der Waals surface area (Å²) in [5, 5.41) is 4.83. The predicted molar refractivity (Wildman–Crippen MR) is 90.4 cm³/mol. The molecule has 0 amide bonds. The second kappa shape index (κ2) is 7.62. The fourth-order valence-electron chi connectivity index (χ4n) is 1.46. The molecular weight excluding hydrogens is 398 g/mol. The largest absolute Gasteiger partial charge is 0.261 e. The smallest absolute Gasteiger partial charge is 0.225 e. The van der Waals surface area contributed by atoms with Gasteiger partial charge in [-0.2, -0.15) is 0 Å². The topological polar surface area (TPSA) is 128 Å². The zero-order chi connectivity index (χ0) is 18.6. The van der Waals surface area contributed by atoms with Gasteiger partial charge in [0.05, 0.1) is 14.7 Å². The second-order valence-electron chi connectivity index (χ2n) is 4.54. The first-order valence-corrected chi connectivity index (χ1v) is 11.9. The van der Waals surface area contributed by atoms with Crippen LogP contribution in [-0.2, 0) is 28.9 Å². The number of sulfonamides is 1. The van der Waals surface area contributed by atoms with Crippen molar-refractivity contribution in [2.75, 3.05) is 6.26 Å². The standard InChI is InChI=1S/C7H7ClO4S2.C6H7NO2S/c1-13(9,10)6-2-4-7(5-3-6)14(8,11)12;7-10(8,9)6-4-2-1-3-5-6/h2-5H,1H3;1-5H,(H2,7,8,9). The lowest BCUT2D eigenvalue weighted by Crippen LogP contribution is -2.11. The molecule has 0 spiro atoms. The molecule has 2 aromatic rings. The van der Waals surface area contributed by atoms with Gasteiger partial charge < -0.3 is 0 Å². The van der Waals surface area contributed by atoms with E-state index < -0.39 is 28.9 Å². The Kier molecular flexibility index (Phi) is 6.53. The Morgan fingerprint density at radius 2 is 1.12 bits per heavy atom. The Morgan fingerprint density at radius 3 is 1.42 bits per heavy atom. The quantitative estimate of drug-likeness (QED) is 0.759. The van der Waals surface area contributed by atoms with E-state index in [0.717, 1.165) is 18.4 Å². The molecule has 2 N–H and O–H groups in total. The molecule has 0 aromatic heterocycles. The molecule has 0 unspecified atom stereocenters. The normalized spacial score (nSPS) is 12.1. The van der Waals surface area contributed by atoms with Crippen LogP contribution in [0, 0.1) is 0 Å². The van der Waals surface area contributed by atoms with Crippen LogP contribution in [-0.4, -0.2) is 31.5 Å². The first-order chi connectivity index (χ1) is 10.8. The summed E-state index contributed by atoms with van der Waals surface area (Å²) in [5.41, 5.74) is 0. The van der Waals surface area contributed by atoms with Crippen molar-refractivity contribution < 1.29 is 25.3 Å². The Bertz CT molecular complexity index is 948. The van der Waals surface area contributed by atoms with Crippen LogP contribution in [0.1, 0.15) is 0 Å². The third-order valence-corrected chi connectivity index (χ3v) is 6.03. The molecular formula is C13H14ClNO6S3. The summed E-state index contributed by atoms with van der Waals surface area (Å²) in [4.78, 5) is 0.0862. The minimum atomic E-state index is -3.79. The van der Waals surface area contributed by atoms with E-state index in [1.807, 2.05) is 0 Å². The molecule has 11 heteroatoms. The van der Waals surface area contributed by atoms with E-state index in [1.165, 1.54) is 24.3 Å². The van der Waals surface area contributed by atoms with Crippen LogP contribution in [0.4, 0.5) is 0 Å². The van der Waals surface area contributed by atoms with Crippen molar-refractivity contribution in [1.82, 2.24) is 0 Å². The number of hydrogen-bond acceptors (Lipinski definition) is 6. The Labute approximate surface area is 145 Å². The molecule has 0 heterocycles. The molecule has 0 saturated carbocycles. The average molecular weight is 412 g/mol. The lowest BCUT2D eigenvalue weighted by Gasteiger charge is -1.98. The van der Waals surface area contributed by atoms with Gasteiger partial charge in [0, 0.05) is 16.9 Å². The van der Waals surface area contributed by atoms with Gasteiger partial charge in [-0.05, 0) is 36.4 Å². The maximum atomic E-state index is 11.0. The van der Waals surface area contributed by atoms with Crippen molar-refractivity contribution in [2.24, 2.45) is 5.14 Å². The fraction of sp³-hybridized carbons (Fsp3) is 0.0769. The number of nitrogens with two attached hydrogens (primary N) is 1.